The van der Waals surface area contributed by atoms with E-state index in [0.717, 1.165) is 10.5 Å². The summed E-state index contributed by atoms with van der Waals surface area (Å²) < 4.78 is 5.04. The molecule has 144 valence electrons. The number of barbiturate groups is 1. The van der Waals surface area contributed by atoms with E-state index in [9.17, 15) is 19.5 Å². The smallest absolute Gasteiger partial charge is 0.335 e. The van der Waals surface area contributed by atoms with Crippen LogP contribution in [0.3, 0.4) is 0 Å². The molecular weight excluding hydrogens is 360 g/mol. The van der Waals surface area contributed by atoms with Gasteiger partial charge in [0.05, 0.1) is 12.8 Å². The van der Waals surface area contributed by atoms with Crippen molar-refractivity contribution < 1.29 is 24.2 Å². The molecule has 0 aliphatic carbocycles. The number of phenols is 1. The molecule has 1 heterocycles. The van der Waals surface area contributed by atoms with Crippen molar-refractivity contribution in [1.29, 1.82) is 0 Å². The van der Waals surface area contributed by atoms with E-state index in [2.05, 4.69) is 5.32 Å². The molecule has 28 heavy (non-hydrogen) atoms. The van der Waals surface area contributed by atoms with Gasteiger partial charge in [-0.3, -0.25) is 14.9 Å². The first-order chi connectivity index (χ1) is 13.3. The number of hydrogen-bond acceptors (Lipinski definition) is 5. The summed E-state index contributed by atoms with van der Waals surface area (Å²) >= 11 is 0. The number of hydrogen-bond donors (Lipinski definition) is 2. The number of anilines is 1. The number of ether oxygens (including phenoxy) is 1. The van der Waals surface area contributed by atoms with Crippen molar-refractivity contribution in [1.82, 2.24) is 5.32 Å². The molecule has 2 aromatic carbocycles. The molecule has 1 aliphatic rings. The highest BCUT2D eigenvalue weighted by Gasteiger charge is 2.36. The number of carbonyl (C=O) groups is 3. The predicted molar refractivity (Wildman–Crippen MR) is 104 cm³/mol. The van der Waals surface area contributed by atoms with E-state index in [-0.39, 0.29) is 17.1 Å². The molecule has 0 spiro atoms. The molecule has 0 atom stereocenters. The van der Waals surface area contributed by atoms with Gasteiger partial charge in [-0.15, -0.1) is 0 Å². The molecule has 2 aromatic rings. The van der Waals surface area contributed by atoms with Crippen molar-refractivity contribution in [3.05, 3.63) is 59.2 Å². The van der Waals surface area contributed by atoms with Crippen LogP contribution in [0.15, 0.2) is 48.0 Å². The van der Waals surface area contributed by atoms with Gasteiger partial charge in [-0.05, 0) is 47.4 Å². The monoisotopic (exact) mass is 380 g/mol. The zero-order chi connectivity index (χ0) is 20.4. The number of phenolic OH excluding ortho intramolecular Hbond substituents is 1. The van der Waals surface area contributed by atoms with Crippen molar-refractivity contribution >= 4 is 29.6 Å². The fraction of sp³-hybridized carbons (Fsp3) is 0.190. The number of methoxy groups -OCH3 is 1. The van der Waals surface area contributed by atoms with Crippen LogP contribution in [0.1, 0.15) is 30.9 Å². The Balaban J connectivity index is 1.98. The van der Waals surface area contributed by atoms with Gasteiger partial charge < -0.3 is 9.84 Å². The summed E-state index contributed by atoms with van der Waals surface area (Å²) in [7, 11) is 1.39. The van der Waals surface area contributed by atoms with Crippen LogP contribution in [0.4, 0.5) is 10.5 Å². The summed E-state index contributed by atoms with van der Waals surface area (Å²) in [6, 6.07) is 10.6. The van der Waals surface area contributed by atoms with Crippen molar-refractivity contribution in [2.45, 2.75) is 19.8 Å². The number of carbonyl (C=O) groups excluding carboxylic acids is 3. The Morgan fingerprint density at radius 3 is 2.36 bits per heavy atom. The van der Waals surface area contributed by atoms with Gasteiger partial charge in [-0.25, -0.2) is 9.69 Å². The first-order valence-electron chi connectivity index (χ1n) is 8.70. The molecule has 3 rings (SSSR count). The van der Waals surface area contributed by atoms with Gasteiger partial charge in [-0.2, -0.15) is 0 Å². The molecule has 0 bridgehead atoms. The summed E-state index contributed by atoms with van der Waals surface area (Å²) in [6.45, 7) is 4.08. The van der Waals surface area contributed by atoms with Gasteiger partial charge in [0.2, 0.25) is 0 Å². The van der Waals surface area contributed by atoms with Gasteiger partial charge >= 0.3 is 6.03 Å². The maximum atomic E-state index is 12.9. The van der Waals surface area contributed by atoms with Gasteiger partial charge in [0, 0.05) is 0 Å². The molecule has 0 unspecified atom stereocenters. The standard InChI is InChI=1S/C21H20N2O5/c1-12(2)14-5-7-15(8-6-14)23-20(26)16(19(25)22-21(23)27)10-13-4-9-17(24)18(11-13)28-3/h4-12,24H,1-3H3,(H,22,25,27). The van der Waals surface area contributed by atoms with Crippen LogP contribution in [0.25, 0.3) is 6.08 Å². The Labute approximate surface area is 162 Å². The first-order valence-corrected chi connectivity index (χ1v) is 8.70. The third kappa shape index (κ3) is 3.59. The van der Waals surface area contributed by atoms with Crippen LogP contribution < -0.4 is 15.0 Å². The summed E-state index contributed by atoms with van der Waals surface area (Å²) in [5.74, 6) is -1.06. The number of nitrogens with one attached hydrogen (secondary N) is 1. The average Bonchev–Trinajstić information content (AvgIpc) is 2.66. The lowest BCUT2D eigenvalue weighted by Crippen LogP contribution is -2.54. The van der Waals surface area contributed by atoms with Crippen LogP contribution >= 0.6 is 0 Å². The SMILES string of the molecule is COc1cc(C=C2C(=O)NC(=O)N(c3ccc(C(C)C)cc3)C2=O)ccc1O. The topological polar surface area (TPSA) is 95.9 Å². The van der Waals surface area contributed by atoms with Crippen LogP contribution in [0, 0.1) is 0 Å². The number of imide groups is 2. The minimum atomic E-state index is -0.798. The van der Waals surface area contributed by atoms with Gasteiger partial charge in [0.15, 0.2) is 11.5 Å². The van der Waals surface area contributed by atoms with E-state index < -0.39 is 17.8 Å². The van der Waals surface area contributed by atoms with E-state index >= 15 is 0 Å². The molecule has 7 heteroatoms. The third-order valence-corrected chi connectivity index (χ3v) is 4.43. The van der Waals surface area contributed by atoms with Gasteiger partial charge in [0.1, 0.15) is 5.57 Å². The number of amides is 4. The molecule has 0 radical (unpaired) electrons. The van der Waals surface area contributed by atoms with Crippen LogP contribution in [0.2, 0.25) is 0 Å². The molecule has 0 saturated carbocycles. The van der Waals surface area contributed by atoms with Crippen LogP contribution in [-0.4, -0.2) is 30.1 Å². The molecule has 7 nitrogen and oxygen atoms in total. The lowest BCUT2D eigenvalue weighted by atomic mass is 10.0. The average molecular weight is 380 g/mol. The molecule has 1 saturated heterocycles. The Bertz CT molecular complexity index is 977. The normalized spacial score (nSPS) is 15.9. The number of benzene rings is 2. The van der Waals surface area contributed by atoms with Crippen molar-refractivity contribution in [3.8, 4) is 11.5 Å². The Morgan fingerprint density at radius 1 is 1.07 bits per heavy atom. The van der Waals surface area contributed by atoms with E-state index in [1.165, 1.54) is 31.4 Å². The highest BCUT2D eigenvalue weighted by molar-refractivity contribution is 6.39. The van der Waals surface area contributed by atoms with Crippen molar-refractivity contribution in [2.24, 2.45) is 0 Å². The van der Waals surface area contributed by atoms with E-state index in [4.69, 9.17) is 4.74 Å². The maximum absolute atomic E-state index is 12.9. The molecule has 0 aromatic heterocycles. The number of urea groups is 1. The molecule has 4 amide bonds. The maximum Gasteiger partial charge on any atom is 0.335 e. The first kappa shape index (κ1) is 19.2. The minimum Gasteiger partial charge on any atom is -0.504 e. The zero-order valence-electron chi connectivity index (χ0n) is 15.7. The summed E-state index contributed by atoms with van der Waals surface area (Å²) in [4.78, 5) is 38.3. The number of nitrogens with zero attached hydrogens (tertiary/aromatic N) is 1. The van der Waals surface area contributed by atoms with Crippen LogP contribution in [0.5, 0.6) is 11.5 Å². The van der Waals surface area contributed by atoms with E-state index in [1.54, 1.807) is 12.1 Å². The Morgan fingerprint density at radius 2 is 1.75 bits per heavy atom. The highest BCUT2D eigenvalue weighted by Crippen LogP contribution is 2.28. The second-order valence-electron chi connectivity index (χ2n) is 6.64. The zero-order valence-corrected chi connectivity index (χ0v) is 15.7. The Kier molecular flexibility index (Phi) is 5.17. The summed E-state index contributed by atoms with van der Waals surface area (Å²) in [5, 5.41) is 11.9. The van der Waals surface area contributed by atoms with Crippen LogP contribution in [-0.2, 0) is 9.59 Å². The second-order valence-corrected chi connectivity index (χ2v) is 6.64. The van der Waals surface area contributed by atoms with E-state index in [1.807, 2.05) is 26.0 Å². The molecule has 2 N–H and O–H groups in total. The quantitative estimate of drug-likeness (QED) is 0.627. The lowest BCUT2D eigenvalue weighted by Gasteiger charge is -2.26. The minimum absolute atomic E-state index is 0.0638. The van der Waals surface area contributed by atoms with Crippen molar-refractivity contribution in [3.63, 3.8) is 0 Å². The molecule has 1 aliphatic heterocycles. The van der Waals surface area contributed by atoms with Gasteiger partial charge in [-0.1, -0.05) is 32.0 Å². The molecule has 1 fully saturated rings. The third-order valence-electron chi connectivity index (χ3n) is 4.43. The Hall–Kier alpha value is -3.61. The number of aromatic hydroxyl groups is 1. The fourth-order valence-corrected chi connectivity index (χ4v) is 2.85. The predicted octanol–water partition coefficient (Wildman–Crippen LogP) is 3.19. The second kappa shape index (κ2) is 7.56. The van der Waals surface area contributed by atoms with E-state index in [0.29, 0.717) is 17.2 Å². The lowest BCUT2D eigenvalue weighted by molar-refractivity contribution is -0.122. The van der Waals surface area contributed by atoms with Crippen molar-refractivity contribution in [2.75, 3.05) is 12.0 Å². The summed E-state index contributed by atoms with van der Waals surface area (Å²) in [6.07, 6.45) is 1.35. The largest absolute Gasteiger partial charge is 0.504 e. The summed E-state index contributed by atoms with van der Waals surface area (Å²) in [5.41, 5.74) is 1.71. The highest BCUT2D eigenvalue weighted by atomic mass is 16.5. The number of rotatable bonds is 4. The fourth-order valence-electron chi connectivity index (χ4n) is 2.85. The van der Waals surface area contributed by atoms with Gasteiger partial charge in [0.25, 0.3) is 11.8 Å². The molecular formula is C21H20N2O5.